The lowest BCUT2D eigenvalue weighted by molar-refractivity contribution is -0.133. The van der Waals surface area contributed by atoms with Crippen molar-refractivity contribution in [3.8, 4) is 0 Å². The Balaban J connectivity index is 1.76. The molecule has 1 atom stereocenters. The standard InChI is InChI=1S/C22H23ClFN3O3/c1-21(2,3)13-5-7-14(8-6-13)22(4)19(29)27(20(30)26-22)12-18(28)25-17-10-9-15(23)11-16(17)24/h5-11H,12H2,1-4H3,(H,25,28)(H,26,30). The fraction of sp³-hybridized carbons (Fsp3) is 0.318. The highest BCUT2D eigenvalue weighted by atomic mass is 35.5. The van der Waals surface area contributed by atoms with Crippen molar-refractivity contribution in [1.29, 1.82) is 0 Å². The number of anilines is 1. The van der Waals surface area contributed by atoms with Crippen LogP contribution in [0.1, 0.15) is 38.8 Å². The first-order valence-electron chi connectivity index (χ1n) is 9.42. The molecule has 8 heteroatoms. The molecule has 0 aliphatic carbocycles. The minimum absolute atomic E-state index is 0.0522. The summed E-state index contributed by atoms with van der Waals surface area (Å²) >= 11 is 5.69. The van der Waals surface area contributed by atoms with E-state index in [-0.39, 0.29) is 16.1 Å². The average molecular weight is 432 g/mol. The van der Waals surface area contributed by atoms with E-state index in [1.807, 2.05) is 12.1 Å². The SMILES string of the molecule is CC(C)(C)c1ccc(C2(C)NC(=O)N(CC(=O)Nc3ccc(Cl)cc3F)C2=O)cc1. The zero-order chi connectivity index (χ0) is 22.3. The molecule has 1 heterocycles. The Labute approximate surface area is 179 Å². The molecular formula is C22H23ClFN3O3. The second kappa shape index (κ2) is 7.72. The first kappa shape index (κ1) is 21.8. The van der Waals surface area contributed by atoms with Crippen LogP contribution in [0.2, 0.25) is 5.02 Å². The van der Waals surface area contributed by atoms with Crippen LogP contribution in [0, 0.1) is 5.82 Å². The molecule has 1 fully saturated rings. The molecule has 2 aromatic carbocycles. The summed E-state index contributed by atoms with van der Waals surface area (Å²) in [5.74, 6) is -1.97. The van der Waals surface area contributed by atoms with Crippen LogP contribution in [0.25, 0.3) is 0 Å². The smallest absolute Gasteiger partial charge is 0.322 e. The van der Waals surface area contributed by atoms with Gasteiger partial charge in [-0.2, -0.15) is 0 Å². The predicted octanol–water partition coefficient (Wildman–Crippen LogP) is 4.18. The highest BCUT2D eigenvalue weighted by Crippen LogP contribution is 2.31. The van der Waals surface area contributed by atoms with Gasteiger partial charge in [-0.1, -0.05) is 56.6 Å². The van der Waals surface area contributed by atoms with Gasteiger partial charge < -0.3 is 10.6 Å². The fourth-order valence-electron chi connectivity index (χ4n) is 3.26. The van der Waals surface area contributed by atoms with Crippen LogP contribution in [0.15, 0.2) is 42.5 Å². The van der Waals surface area contributed by atoms with Crippen LogP contribution in [-0.2, 0) is 20.5 Å². The van der Waals surface area contributed by atoms with Crippen LogP contribution in [0.3, 0.4) is 0 Å². The van der Waals surface area contributed by atoms with Gasteiger partial charge in [0, 0.05) is 5.02 Å². The Morgan fingerprint density at radius 1 is 1.17 bits per heavy atom. The van der Waals surface area contributed by atoms with Gasteiger partial charge >= 0.3 is 6.03 Å². The molecule has 158 valence electrons. The minimum atomic E-state index is -1.29. The summed E-state index contributed by atoms with van der Waals surface area (Å²) in [5, 5.41) is 5.20. The van der Waals surface area contributed by atoms with Gasteiger partial charge in [-0.3, -0.25) is 14.5 Å². The van der Waals surface area contributed by atoms with Crippen molar-refractivity contribution in [2.75, 3.05) is 11.9 Å². The first-order valence-corrected chi connectivity index (χ1v) is 9.79. The van der Waals surface area contributed by atoms with Crippen molar-refractivity contribution in [2.24, 2.45) is 0 Å². The molecule has 1 unspecified atom stereocenters. The van der Waals surface area contributed by atoms with Crippen LogP contribution in [-0.4, -0.2) is 29.3 Å². The van der Waals surface area contributed by atoms with Gasteiger partial charge in [-0.05, 0) is 41.7 Å². The lowest BCUT2D eigenvalue weighted by atomic mass is 9.84. The first-order chi connectivity index (χ1) is 13.9. The summed E-state index contributed by atoms with van der Waals surface area (Å²) in [7, 11) is 0. The fourth-order valence-corrected chi connectivity index (χ4v) is 3.42. The molecule has 0 saturated carbocycles. The average Bonchev–Trinajstić information content (AvgIpc) is 2.87. The van der Waals surface area contributed by atoms with E-state index >= 15 is 0 Å². The largest absolute Gasteiger partial charge is 0.325 e. The molecule has 4 amide bonds. The number of carbonyl (C=O) groups excluding carboxylic acids is 3. The van der Waals surface area contributed by atoms with E-state index in [0.717, 1.165) is 16.5 Å². The number of carbonyl (C=O) groups is 3. The number of rotatable bonds is 4. The molecule has 0 aromatic heterocycles. The summed E-state index contributed by atoms with van der Waals surface area (Å²) in [6, 6.07) is 10.5. The zero-order valence-corrected chi connectivity index (χ0v) is 17.9. The molecule has 0 spiro atoms. The normalized spacial score (nSPS) is 19.1. The third kappa shape index (κ3) is 4.16. The molecule has 3 rings (SSSR count). The number of hydrogen-bond donors (Lipinski definition) is 2. The van der Waals surface area contributed by atoms with Crippen molar-refractivity contribution in [3.63, 3.8) is 0 Å². The van der Waals surface area contributed by atoms with Gasteiger partial charge in [0.25, 0.3) is 5.91 Å². The van der Waals surface area contributed by atoms with E-state index in [2.05, 4.69) is 31.4 Å². The second-order valence-corrected chi connectivity index (χ2v) is 8.88. The topological polar surface area (TPSA) is 78.5 Å². The molecule has 0 radical (unpaired) electrons. The summed E-state index contributed by atoms with van der Waals surface area (Å²) in [5.41, 5.74) is 0.272. The van der Waals surface area contributed by atoms with Crippen molar-refractivity contribution >= 4 is 35.1 Å². The van der Waals surface area contributed by atoms with E-state index in [9.17, 15) is 18.8 Å². The zero-order valence-electron chi connectivity index (χ0n) is 17.2. The monoisotopic (exact) mass is 431 g/mol. The van der Waals surface area contributed by atoms with Gasteiger partial charge in [0.1, 0.15) is 17.9 Å². The lowest BCUT2D eigenvalue weighted by Crippen LogP contribution is -2.42. The second-order valence-electron chi connectivity index (χ2n) is 8.45. The summed E-state index contributed by atoms with van der Waals surface area (Å²) in [6.07, 6.45) is 0. The number of amides is 4. The molecule has 1 aliphatic rings. The number of halogens is 2. The summed E-state index contributed by atoms with van der Waals surface area (Å²) < 4.78 is 13.9. The highest BCUT2D eigenvalue weighted by molar-refractivity contribution is 6.30. The van der Waals surface area contributed by atoms with Crippen LogP contribution in [0.4, 0.5) is 14.9 Å². The van der Waals surface area contributed by atoms with Crippen molar-refractivity contribution in [3.05, 3.63) is 64.4 Å². The van der Waals surface area contributed by atoms with E-state index in [1.165, 1.54) is 12.1 Å². The van der Waals surface area contributed by atoms with Gasteiger partial charge in [-0.25, -0.2) is 9.18 Å². The molecule has 2 aromatic rings. The number of nitrogens with one attached hydrogen (secondary N) is 2. The van der Waals surface area contributed by atoms with Crippen molar-refractivity contribution < 1.29 is 18.8 Å². The number of hydrogen-bond acceptors (Lipinski definition) is 3. The molecule has 1 saturated heterocycles. The maximum Gasteiger partial charge on any atom is 0.325 e. The highest BCUT2D eigenvalue weighted by Gasteiger charge is 2.49. The number of benzene rings is 2. The minimum Gasteiger partial charge on any atom is -0.322 e. The van der Waals surface area contributed by atoms with E-state index in [0.29, 0.717) is 5.56 Å². The van der Waals surface area contributed by atoms with Crippen LogP contribution < -0.4 is 10.6 Å². The Kier molecular flexibility index (Phi) is 5.60. The molecular weight excluding hydrogens is 409 g/mol. The number of nitrogens with zero attached hydrogens (tertiary/aromatic N) is 1. The maximum atomic E-state index is 13.9. The Hall–Kier alpha value is -2.93. The predicted molar refractivity (Wildman–Crippen MR) is 113 cm³/mol. The van der Waals surface area contributed by atoms with Gasteiger partial charge in [0.2, 0.25) is 5.91 Å². The summed E-state index contributed by atoms with van der Waals surface area (Å²) in [6.45, 7) is 7.29. The van der Waals surface area contributed by atoms with E-state index < -0.39 is 35.7 Å². The van der Waals surface area contributed by atoms with Gasteiger partial charge in [-0.15, -0.1) is 0 Å². The molecule has 1 aliphatic heterocycles. The summed E-state index contributed by atoms with van der Waals surface area (Å²) in [4.78, 5) is 38.5. The molecule has 2 N–H and O–H groups in total. The van der Waals surface area contributed by atoms with Gasteiger partial charge in [0.05, 0.1) is 5.69 Å². The molecule has 30 heavy (non-hydrogen) atoms. The Bertz CT molecular complexity index is 1020. The van der Waals surface area contributed by atoms with Crippen molar-refractivity contribution in [1.82, 2.24) is 10.2 Å². The Morgan fingerprint density at radius 3 is 2.37 bits per heavy atom. The van der Waals surface area contributed by atoms with Crippen molar-refractivity contribution in [2.45, 2.75) is 38.6 Å². The quantitative estimate of drug-likeness (QED) is 0.713. The van der Waals surface area contributed by atoms with Gasteiger partial charge in [0.15, 0.2) is 0 Å². The van der Waals surface area contributed by atoms with Crippen LogP contribution in [0.5, 0.6) is 0 Å². The lowest BCUT2D eigenvalue weighted by Gasteiger charge is -2.24. The van der Waals surface area contributed by atoms with E-state index in [1.54, 1.807) is 19.1 Å². The molecule has 6 nitrogen and oxygen atoms in total. The van der Waals surface area contributed by atoms with Crippen LogP contribution >= 0.6 is 11.6 Å². The Morgan fingerprint density at radius 2 is 1.80 bits per heavy atom. The molecule has 0 bridgehead atoms. The number of urea groups is 1. The third-order valence-electron chi connectivity index (χ3n) is 5.11. The maximum absolute atomic E-state index is 13.9. The number of imide groups is 1. The third-order valence-corrected chi connectivity index (χ3v) is 5.35. The van der Waals surface area contributed by atoms with E-state index in [4.69, 9.17) is 11.6 Å².